The van der Waals surface area contributed by atoms with Crippen LogP contribution in [-0.4, -0.2) is 68.6 Å². The molecule has 0 bridgehead atoms. The van der Waals surface area contributed by atoms with Gasteiger partial charge in [0, 0.05) is 37.7 Å². The quantitative estimate of drug-likeness (QED) is 0.567. The van der Waals surface area contributed by atoms with Crippen molar-refractivity contribution in [1.29, 1.82) is 0 Å². The van der Waals surface area contributed by atoms with Gasteiger partial charge in [-0.25, -0.2) is 0 Å². The number of likely N-dealkylation sites (tertiary alicyclic amines) is 2. The van der Waals surface area contributed by atoms with Crippen molar-refractivity contribution in [2.75, 3.05) is 26.3 Å². The average Bonchev–Trinajstić information content (AvgIpc) is 3.28. The predicted octanol–water partition coefficient (Wildman–Crippen LogP) is 4.01. The molecule has 1 aliphatic carbocycles. The summed E-state index contributed by atoms with van der Waals surface area (Å²) in [6, 6.07) is 9.74. The summed E-state index contributed by atoms with van der Waals surface area (Å²) in [7, 11) is 0. The summed E-state index contributed by atoms with van der Waals surface area (Å²) in [5, 5.41) is 4.32. The van der Waals surface area contributed by atoms with Crippen LogP contribution in [0.15, 0.2) is 35.1 Å². The first-order valence-corrected chi connectivity index (χ1v) is 13.4. The third kappa shape index (κ3) is 4.14. The number of H-pyrrole nitrogens is 1. The van der Waals surface area contributed by atoms with Gasteiger partial charge in [0.1, 0.15) is 5.56 Å². The Kier molecular flexibility index (Phi) is 6.09. The van der Waals surface area contributed by atoms with Gasteiger partial charge in [0.05, 0.1) is 12.4 Å². The largest absolute Gasteiger partial charge is 0.339 e. The van der Waals surface area contributed by atoms with Crippen LogP contribution in [0.4, 0.5) is 4.39 Å². The van der Waals surface area contributed by atoms with Crippen LogP contribution in [0.25, 0.3) is 16.9 Å². The molecule has 2 aromatic heterocycles. The number of hydrogen-bond acceptors (Lipinski definition) is 4. The van der Waals surface area contributed by atoms with Crippen molar-refractivity contribution in [2.24, 2.45) is 5.92 Å². The van der Waals surface area contributed by atoms with Gasteiger partial charge in [0.15, 0.2) is 11.3 Å². The van der Waals surface area contributed by atoms with Gasteiger partial charge in [-0.2, -0.15) is 9.61 Å². The van der Waals surface area contributed by atoms with Gasteiger partial charge in [-0.15, -0.1) is 0 Å². The van der Waals surface area contributed by atoms with Crippen LogP contribution >= 0.6 is 0 Å². The van der Waals surface area contributed by atoms with Crippen LogP contribution in [0.1, 0.15) is 77.8 Å². The molecule has 9 heteroatoms. The van der Waals surface area contributed by atoms with E-state index in [9.17, 15) is 18.8 Å². The third-order valence-electron chi connectivity index (χ3n) is 8.37. The van der Waals surface area contributed by atoms with Crippen molar-refractivity contribution in [3.63, 3.8) is 0 Å². The third-order valence-corrected chi connectivity index (χ3v) is 8.37. The zero-order valence-corrected chi connectivity index (χ0v) is 21.1. The lowest BCUT2D eigenvalue weighted by atomic mass is 9.84. The molecule has 3 fully saturated rings. The molecule has 6 rings (SSSR count). The minimum Gasteiger partial charge on any atom is -0.339 e. The Balaban J connectivity index is 1.40. The molecule has 2 aliphatic heterocycles. The second-order valence-electron chi connectivity index (χ2n) is 10.8. The number of fused-ring (bicyclic) bond motifs is 1. The highest BCUT2D eigenvalue weighted by molar-refractivity contribution is 6.10. The lowest BCUT2D eigenvalue weighted by Gasteiger charge is -2.39. The molecule has 3 aliphatic rings. The molecule has 8 nitrogen and oxygen atoms in total. The molecule has 1 atom stereocenters. The smallest absolute Gasteiger partial charge is 0.275 e. The van der Waals surface area contributed by atoms with Crippen LogP contribution < -0.4 is 5.56 Å². The van der Waals surface area contributed by atoms with Gasteiger partial charge in [-0.1, -0.05) is 43.5 Å². The van der Waals surface area contributed by atoms with Gasteiger partial charge < -0.3 is 14.8 Å². The fraction of sp³-hybridized carbons (Fsp3) is 0.500. The van der Waals surface area contributed by atoms with Gasteiger partial charge in [0.2, 0.25) is 0 Å². The molecule has 1 N–H and O–H groups in total. The molecule has 3 aromatic rings. The fourth-order valence-corrected chi connectivity index (χ4v) is 5.87. The van der Waals surface area contributed by atoms with Crippen LogP contribution in [0.2, 0.25) is 0 Å². The Morgan fingerprint density at radius 1 is 1.05 bits per heavy atom. The molecule has 2 amide bonds. The van der Waals surface area contributed by atoms with E-state index in [1.54, 1.807) is 4.90 Å². The first-order chi connectivity index (χ1) is 17.9. The number of amides is 2. The Bertz CT molecular complexity index is 1400. The number of nitrogens with zero attached hydrogens (tertiary/aromatic N) is 4. The lowest BCUT2D eigenvalue weighted by Crippen LogP contribution is -2.52. The van der Waals surface area contributed by atoms with Crippen molar-refractivity contribution < 1.29 is 14.0 Å². The molecule has 37 heavy (non-hydrogen) atoms. The highest BCUT2D eigenvalue weighted by Crippen LogP contribution is 2.33. The van der Waals surface area contributed by atoms with Crippen molar-refractivity contribution in [3.8, 4) is 11.3 Å². The summed E-state index contributed by atoms with van der Waals surface area (Å²) in [5.41, 5.74) is 2.52. The molecule has 1 aromatic carbocycles. The van der Waals surface area contributed by atoms with Crippen LogP contribution in [0.5, 0.6) is 0 Å². The highest BCUT2D eigenvalue weighted by Gasteiger charge is 2.39. The molecule has 0 unspecified atom stereocenters. The maximum absolute atomic E-state index is 13.5. The molecule has 194 valence electrons. The van der Waals surface area contributed by atoms with E-state index in [2.05, 4.69) is 22.2 Å². The van der Waals surface area contributed by atoms with Crippen molar-refractivity contribution in [1.82, 2.24) is 24.4 Å². The number of carbonyl (C=O) groups excluding carboxylic acids is 2. The van der Waals surface area contributed by atoms with Crippen molar-refractivity contribution >= 4 is 17.5 Å². The summed E-state index contributed by atoms with van der Waals surface area (Å²) in [4.78, 5) is 46.4. The maximum Gasteiger partial charge on any atom is 0.275 e. The summed E-state index contributed by atoms with van der Waals surface area (Å²) >= 11 is 0. The van der Waals surface area contributed by atoms with Gasteiger partial charge in [-0.3, -0.25) is 18.8 Å². The van der Waals surface area contributed by atoms with E-state index >= 15 is 0 Å². The predicted molar refractivity (Wildman–Crippen MR) is 138 cm³/mol. The topological polar surface area (TPSA) is 90.8 Å². The summed E-state index contributed by atoms with van der Waals surface area (Å²) < 4.78 is 14.2. The minimum absolute atomic E-state index is 0.0293. The Morgan fingerprint density at radius 2 is 1.78 bits per heavy atom. The molecule has 4 heterocycles. The number of aromatic amines is 1. The number of alkyl halides is 1. The van der Waals surface area contributed by atoms with Gasteiger partial charge >= 0.3 is 0 Å². The van der Waals surface area contributed by atoms with Crippen LogP contribution in [0, 0.1) is 5.92 Å². The molecule has 1 saturated carbocycles. The number of nitrogens with one attached hydrogen (secondary N) is 1. The zero-order valence-electron chi connectivity index (χ0n) is 21.1. The molecule has 0 radical (unpaired) electrons. The summed E-state index contributed by atoms with van der Waals surface area (Å²) in [6.45, 7) is 2.61. The van der Waals surface area contributed by atoms with E-state index in [-0.39, 0.29) is 47.9 Å². The number of halogens is 1. The van der Waals surface area contributed by atoms with E-state index in [0.717, 1.165) is 16.5 Å². The maximum atomic E-state index is 13.5. The number of carbonyl (C=O) groups is 2. The average molecular weight is 506 g/mol. The number of rotatable bonds is 5. The number of hydrogen-bond donors (Lipinski definition) is 1. The fourth-order valence-electron chi connectivity index (χ4n) is 5.87. The minimum atomic E-state index is -0.493. The highest BCUT2D eigenvalue weighted by atomic mass is 19.1. The second-order valence-corrected chi connectivity index (χ2v) is 10.8. The molecule has 0 spiro atoms. The van der Waals surface area contributed by atoms with Crippen LogP contribution in [-0.2, 0) is 0 Å². The number of aromatic nitrogens is 3. The Hall–Kier alpha value is -3.49. The first-order valence-electron chi connectivity index (χ1n) is 13.4. The SMILES string of the molecule is C[C@@H]1CCN1C(=O)c1nn2c(=O)cc(-c3ccc(C4CCCCC4)cc3)[nH]c2c1C(=O)N1CC(CF)C1. The van der Waals surface area contributed by atoms with Crippen molar-refractivity contribution in [3.05, 3.63) is 57.5 Å². The summed E-state index contributed by atoms with van der Waals surface area (Å²) in [5.74, 6) is -0.389. The van der Waals surface area contributed by atoms with Gasteiger partial charge in [-0.05, 0) is 43.2 Å². The van der Waals surface area contributed by atoms with E-state index in [1.807, 2.05) is 19.1 Å². The normalized spacial score (nSPS) is 20.6. The van der Waals surface area contributed by atoms with Gasteiger partial charge in [0.25, 0.3) is 17.4 Å². The van der Waals surface area contributed by atoms with E-state index in [0.29, 0.717) is 18.2 Å². The van der Waals surface area contributed by atoms with E-state index < -0.39 is 18.1 Å². The second kappa shape index (κ2) is 9.43. The lowest BCUT2D eigenvalue weighted by molar-refractivity contribution is 0.0430. The van der Waals surface area contributed by atoms with E-state index in [4.69, 9.17) is 0 Å². The monoisotopic (exact) mass is 505 g/mol. The Morgan fingerprint density at radius 3 is 2.41 bits per heavy atom. The first kappa shape index (κ1) is 23.9. The number of benzene rings is 1. The zero-order chi connectivity index (χ0) is 25.7. The van der Waals surface area contributed by atoms with E-state index in [1.165, 1.54) is 48.6 Å². The standard InChI is InChI=1S/C28H32FN5O3/c1-17-11-12-33(17)28(37)25-24(27(36)32-15-18(14-29)16-32)26-30-22(13-23(35)34(26)31-25)21-9-7-20(8-10-21)19-5-3-2-4-6-19/h7-10,13,17-19,30H,2-6,11-12,14-16H2,1H3/t17-/m1/s1. The summed E-state index contributed by atoms with van der Waals surface area (Å²) in [6.07, 6.45) is 7.11. The molecular formula is C28H32FN5O3. The molecule has 2 saturated heterocycles. The Labute approximate surface area is 214 Å². The van der Waals surface area contributed by atoms with Crippen molar-refractivity contribution in [2.45, 2.75) is 57.4 Å². The molecular weight excluding hydrogens is 473 g/mol. The van der Waals surface area contributed by atoms with Crippen LogP contribution in [0.3, 0.4) is 0 Å².